The number of nitrogens with zero attached hydrogens (tertiary/aromatic N) is 1. The molecule has 1 aliphatic heterocycles. The van der Waals surface area contributed by atoms with Crippen LogP contribution in [0.2, 0.25) is 0 Å². The number of ether oxygens (including phenoxy) is 2. The first-order chi connectivity index (χ1) is 16.9. The summed E-state index contributed by atoms with van der Waals surface area (Å²) in [6.07, 6.45) is 0.530. The highest BCUT2D eigenvalue weighted by atomic mass is 16.5. The fourth-order valence-electron chi connectivity index (χ4n) is 4.25. The van der Waals surface area contributed by atoms with Gasteiger partial charge in [-0.2, -0.15) is 0 Å². The number of ketones is 1. The average Bonchev–Trinajstić information content (AvgIpc) is 3.13. The summed E-state index contributed by atoms with van der Waals surface area (Å²) in [7, 11) is 1.42. The standard InChI is InChI=1S/C28H27NO6/c1-3-35-21-12-9-19(10-13-21)26(31)24-25(20-11-14-22(30)23(17-20)34-2)29(28(33)27(24)32)16-15-18-7-5-4-6-8-18/h4-14,17,25,30-31H,3,15-16H2,1-2H3/b26-24-. The number of rotatable bonds is 8. The minimum absolute atomic E-state index is 0.0139. The normalized spacial score (nSPS) is 17.0. The summed E-state index contributed by atoms with van der Waals surface area (Å²) in [5.41, 5.74) is 1.94. The Balaban J connectivity index is 1.79. The number of amides is 1. The number of methoxy groups -OCH3 is 1. The molecule has 180 valence electrons. The number of aliphatic hydroxyl groups is 1. The van der Waals surface area contributed by atoms with Crippen LogP contribution >= 0.6 is 0 Å². The van der Waals surface area contributed by atoms with E-state index < -0.39 is 17.7 Å². The van der Waals surface area contributed by atoms with Crippen molar-refractivity contribution in [3.63, 3.8) is 0 Å². The highest BCUT2D eigenvalue weighted by molar-refractivity contribution is 6.46. The van der Waals surface area contributed by atoms with Crippen LogP contribution in [0.1, 0.15) is 29.7 Å². The molecule has 1 aliphatic rings. The maximum atomic E-state index is 13.2. The number of hydrogen-bond donors (Lipinski definition) is 2. The van der Waals surface area contributed by atoms with E-state index in [4.69, 9.17) is 9.47 Å². The van der Waals surface area contributed by atoms with E-state index in [1.807, 2.05) is 37.3 Å². The second-order valence-corrected chi connectivity index (χ2v) is 8.12. The first kappa shape index (κ1) is 23.9. The second-order valence-electron chi connectivity index (χ2n) is 8.12. The lowest BCUT2D eigenvalue weighted by Gasteiger charge is -2.26. The van der Waals surface area contributed by atoms with Crippen LogP contribution in [-0.2, 0) is 16.0 Å². The molecule has 1 amide bonds. The van der Waals surface area contributed by atoms with Crippen LogP contribution in [0.15, 0.2) is 78.4 Å². The van der Waals surface area contributed by atoms with Crippen LogP contribution in [0.25, 0.3) is 5.76 Å². The van der Waals surface area contributed by atoms with E-state index in [1.165, 1.54) is 18.1 Å². The van der Waals surface area contributed by atoms with Gasteiger partial charge in [-0.15, -0.1) is 0 Å². The molecule has 0 aliphatic carbocycles. The Morgan fingerprint density at radius 1 is 1.00 bits per heavy atom. The summed E-state index contributed by atoms with van der Waals surface area (Å²) in [4.78, 5) is 27.8. The Labute approximate surface area is 203 Å². The van der Waals surface area contributed by atoms with Gasteiger partial charge in [0.05, 0.1) is 25.3 Å². The topological polar surface area (TPSA) is 96.3 Å². The Hall–Kier alpha value is -4.26. The van der Waals surface area contributed by atoms with Crippen molar-refractivity contribution >= 4 is 17.4 Å². The summed E-state index contributed by atoms with van der Waals surface area (Å²) in [6, 6.07) is 20.1. The molecule has 0 spiro atoms. The predicted molar refractivity (Wildman–Crippen MR) is 131 cm³/mol. The maximum Gasteiger partial charge on any atom is 0.295 e. The Morgan fingerprint density at radius 2 is 1.71 bits per heavy atom. The molecular weight excluding hydrogens is 446 g/mol. The fourth-order valence-corrected chi connectivity index (χ4v) is 4.25. The molecule has 1 unspecified atom stereocenters. The number of benzene rings is 3. The molecule has 1 fully saturated rings. The molecule has 3 aromatic rings. The zero-order chi connectivity index (χ0) is 24.9. The van der Waals surface area contributed by atoms with E-state index in [0.717, 1.165) is 5.56 Å². The van der Waals surface area contributed by atoms with E-state index in [2.05, 4.69) is 0 Å². The largest absolute Gasteiger partial charge is 0.507 e. The minimum Gasteiger partial charge on any atom is -0.507 e. The number of carbonyl (C=O) groups is 2. The van der Waals surface area contributed by atoms with Crippen molar-refractivity contribution < 1.29 is 29.3 Å². The first-order valence-corrected chi connectivity index (χ1v) is 11.4. The number of phenols is 1. The molecule has 2 N–H and O–H groups in total. The lowest BCUT2D eigenvalue weighted by atomic mass is 9.94. The molecule has 7 nitrogen and oxygen atoms in total. The van der Waals surface area contributed by atoms with Crippen LogP contribution in [0.3, 0.4) is 0 Å². The number of likely N-dealkylation sites (tertiary alicyclic amines) is 1. The summed E-state index contributed by atoms with van der Waals surface area (Å²) in [5, 5.41) is 21.3. The van der Waals surface area contributed by atoms with Crippen molar-refractivity contribution in [3.05, 3.63) is 95.1 Å². The molecule has 0 radical (unpaired) electrons. The van der Waals surface area contributed by atoms with Crippen molar-refractivity contribution in [2.24, 2.45) is 0 Å². The van der Waals surface area contributed by atoms with Gasteiger partial charge in [-0.1, -0.05) is 36.4 Å². The van der Waals surface area contributed by atoms with E-state index in [0.29, 0.717) is 29.9 Å². The van der Waals surface area contributed by atoms with Crippen molar-refractivity contribution in [3.8, 4) is 17.2 Å². The minimum atomic E-state index is -0.847. The van der Waals surface area contributed by atoms with Crippen molar-refractivity contribution in [1.82, 2.24) is 4.90 Å². The van der Waals surface area contributed by atoms with Gasteiger partial charge in [0.15, 0.2) is 11.5 Å². The Kier molecular flexibility index (Phi) is 7.06. The van der Waals surface area contributed by atoms with E-state index in [-0.39, 0.29) is 29.4 Å². The number of phenolic OH excluding ortho intramolecular Hbond substituents is 1. The summed E-state index contributed by atoms with van der Waals surface area (Å²) >= 11 is 0. The third kappa shape index (κ3) is 4.84. The molecule has 0 aromatic heterocycles. The van der Waals surface area contributed by atoms with E-state index in [9.17, 15) is 19.8 Å². The van der Waals surface area contributed by atoms with Gasteiger partial charge in [-0.3, -0.25) is 9.59 Å². The van der Waals surface area contributed by atoms with Gasteiger partial charge < -0.3 is 24.6 Å². The quantitative estimate of drug-likeness (QED) is 0.285. The molecule has 35 heavy (non-hydrogen) atoms. The molecule has 4 rings (SSSR count). The number of aromatic hydroxyl groups is 1. The summed E-state index contributed by atoms with van der Waals surface area (Å²) in [6.45, 7) is 2.64. The number of carbonyl (C=O) groups excluding carboxylic acids is 2. The summed E-state index contributed by atoms with van der Waals surface area (Å²) < 4.78 is 10.7. The number of Topliss-reactive ketones (excluding diaryl/α,β-unsaturated/α-hetero) is 1. The van der Waals surface area contributed by atoms with Gasteiger partial charge in [0.1, 0.15) is 11.5 Å². The van der Waals surface area contributed by atoms with Crippen LogP contribution in [-0.4, -0.2) is 47.1 Å². The van der Waals surface area contributed by atoms with Gasteiger partial charge in [0, 0.05) is 12.1 Å². The molecular formula is C28H27NO6. The number of hydrogen-bond acceptors (Lipinski definition) is 6. The smallest absolute Gasteiger partial charge is 0.295 e. The number of aliphatic hydroxyl groups excluding tert-OH is 1. The fraction of sp³-hybridized carbons (Fsp3) is 0.214. The third-order valence-corrected chi connectivity index (χ3v) is 5.98. The van der Waals surface area contributed by atoms with Gasteiger partial charge in [-0.05, 0) is 60.9 Å². The van der Waals surface area contributed by atoms with Crippen LogP contribution in [0.5, 0.6) is 17.2 Å². The molecule has 1 saturated heterocycles. The molecule has 3 aromatic carbocycles. The highest BCUT2D eigenvalue weighted by Crippen LogP contribution is 2.42. The first-order valence-electron chi connectivity index (χ1n) is 11.4. The maximum absolute atomic E-state index is 13.2. The van der Waals surface area contributed by atoms with Gasteiger partial charge in [0.2, 0.25) is 0 Å². The summed E-state index contributed by atoms with van der Waals surface area (Å²) in [5.74, 6) is -0.953. The zero-order valence-corrected chi connectivity index (χ0v) is 19.6. The molecule has 1 heterocycles. The second kappa shape index (κ2) is 10.3. The van der Waals surface area contributed by atoms with Crippen molar-refractivity contribution in [2.45, 2.75) is 19.4 Å². The lowest BCUT2D eigenvalue weighted by molar-refractivity contribution is -0.139. The monoisotopic (exact) mass is 473 g/mol. The predicted octanol–water partition coefficient (Wildman–Crippen LogP) is 4.46. The van der Waals surface area contributed by atoms with Gasteiger partial charge >= 0.3 is 0 Å². The molecule has 7 heteroatoms. The lowest BCUT2D eigenvalue weighted by Crippen LogP contribution is -2.31. The molecule has 0 bridgehead atoms. The van der Waals surface area contributed by atoms with Crippen LogP contribution < -0.4 is 9.47 Å². The third-order valence-electron chi connectivity index (χ3n) is 5.98. The van der Waals surface area contributed by atoms with E-state index >= 15 is 0 Å². The van der Waals surface area contributed by atoms with Crippen molar-refractivity contribution in [2.75, 3.05) is 20.3 Å². The van der Waals surface area contributed by atoms with Crippen LogP contribution in [0.4, 0.5) is 0 Å². The molecule has 0 saturated carbocycles. The van der Waals surface area contributed by atoms with Gasteiger partial charge in [-0.25, -0.2) is 0 Å². The SMILES string of the molecule is CCOc1ccc(/C(O)=C2/C(=O)C(=O)N(CCc3ccccc3)C2c2ccc(O)c(OC)c2)cc1. The highest BCUT2D eigenvalue weighted by Gasteiger charge is 2.46. The van der Waals surface area contributed by atoms with Crippen molar-refractivity contribution in [1.29, 1.82) is 0 Å². The average molecular weight is 474 g/mol. The Bertz CT molecular complexity index is 1250. The molecule has 1 atom stereocenters. The van der Waals surface area contributed by atoms with Gasteiger partial charge in [0.25, 0.3) is 11.7 Å². The zero-order valence-electron chi connectivity index (χ0n) is 19.6. The van der Waals surface area contributed by atoms with E-state index in [1.54, 1.807) is 36.4 Å². The Morgan fingerprint density at radius 3 is 2.37 bits per heavy atom. The van der Waals surface area contributed by atoms with Crippen LogP contribution in [0, 0.1) is 0 Å².